The van der Waals surface area contributed by atoms with Crippen LogP contribution in [0.1, 0.15) is 16.8 Å². The molecular formula is C21H17ClN4O2. The van der Waals surface area contributed by atoms with Gasteiger partial charge in [0.05, 0.1) is 12.8 Å². The molecular weight excluding hydrogens is 376 g/mol. The number of piperazine rings is 1. The first-order chi connectivity index (χ1) is 13.6. The highest BCUT2D eigenvalue weighted by Gasteiger charge is 2.43. The summed E-state index contributed by atoms with van der Waals surface area (Å²) in [6.07, 6.45) is 2.02. The number of carbonyl (C=O) groups is 2. The third-order valence-electron chi connectivity index (χ3n) is 5.39. The van der Waals surface area contributed by atoms with Crippen LogP contribution in [0.15, 0.2) is 53.6 Å². The molecule has 0 saturated carbocycles. The molecule has 1 N–H and O–H groups in total. The molecule has 5 rings (SSSR count). The first kappa shape index (κ1) is 17.0. The van der Waals surface area contributed by atoms with Crippen LogP contribution in [0.25, 0.3) is 10.9 Å². The summed E-state index contributed by atoms with van der Waals surface area (Å²) in [5.41, 5.74) is 3.84. The van der Waals surface area contributed by atoms with Gasteiger partial charge in [0, 0.05) is 33.6 Å². The summed E-state index contributed by atoms with van der Waals surface area (Å²) < 4.78 is 0. The van der Waals surface area contributed by atoms with E-state index in [1.54, 1.807) is 11.0 Å². The normalized spacial score (nSPS) is 19.4. The van der Waals surface area contributed by atoms with Gasteiger partial charge in [0.2, 0.25) is 5.91 Å². The van der Waals surface area contributed by atoms with Gasteiger partial charge in [0.15, 0.2) is 0 Å². The number of carbonyl (C=O) groups excluding carboxylic acids is 2. The van der Waals surface area contributed by atoms with E-state index in [1.165, 1.54) is 11.2 Å². The highest BCUT2D eigenvalue weighted by molar-refractivity contribution is 6.33. The van der Waals surface area contributed by atoms with Crippen LogP contribution < -0.4 is 0 Å². The number of rotatable bonds is 2. The number of amides is 2. The predicted molar refractivity (Wildman–Crippen MR) is 107 cm³/mol. The van der Waals surface area contributed by atoms with Crippen molar-refractivity contribution in [3.63, 3.8) is 0 Å². The molecule has 0 bridgehead atoms. The Bertz CT molecular complexity index is 1140. The van der Waals surface area contributed by atoms with Crippen LogP contribution in [0.2, 0.25) is 5.02 Å². The Labute approximate surface area is 166 Å². The summed E-state index contributed by atoms with van der Waals surface area (Å²) in [4.78, 5) is 30.8. The highest BCUT2D eigenvalue weighted by atomic mass is 35.5. The van der Waals surface area contributed by atoms with Gasteiger partial charge in [-0.25, -0.2) is 5.01 Å². The van der Waals surface area contributed by atoms with Gasteiger partial charge in [-0.1, -0.05) is 48.0 Å². The minimum absolute atomic E-state index is 0.0636. The summed E-state index contributed by atoms with van der Waals surface area (Å²) >= 11 is 6.14. The van der Waals surface area contributed by atoms with Crippen molar-refractivity contribution < 1.29 is 9.59 Å². The van der Waals surface area contributed by atoms with Crippen LogP contribution in [0.5, 0.6) is 0 Å². The van der Waals surface area contributed by atoms with Crippen LogP contribution in [0.4, 0.5) is 0 Å². The second kappa shape index (κ2) is 6.49. The van der Waals surface area contributed by atoms with Crippen molar-refractivity contribution in [2.75, 3.05) is 6.54 Å². The maximum atomic E-state index is 13.1. The number of benzene rings is 2. The molecule has 2 aromatic carbocycles. The van der Waals surface area contributed by atoms with Gasteiger partial charge in [-0.15, -0.1) is 0 Å². The number of aromatic nitrogens is 1. The quantitative estimate of drug-likeness (QED) is 0.681. The second-order valence-corrected chi connectivity index (χ2v) is 7.44. The second-order valence-electron chi connectivity index (χ2n) is 7.03. The number of hydrogen-bond acceptors (Lipinski definition) is 3. The molecule has 1 aromatic heterocycles. The summed E-state index contributed by atoms with van der Waals surface area (Å²) in [6.45, 7) is 0.354. The summed E-state index contributed by atoms with van der Waals surface area (Å²) in [7, 11) is 0. The van der Waals surface area contributed by atoms with Crippen molar-refractivity contribution in [3.05, 3.63) is 70.4 Å². The molecule has 28 heavy (non-hydrogen) atoms. The third-order valence-corrected chi connectivity index (χ3v) is 5.73. The molecule has 2 aliphatic heterocycles. The maximum Gasteiger partial charge on any atom is 0.266 e. The fourth-order valence-electron chi connectivity index (χ4n) is 3.97. The molecule has 1 saturated heterocycles. The third kappa shape index (κ3) is 2.68. The van der Waals surface area contributed by atoms with Gasteiger partial charge in [-0.2, -0.15) is 5.10 Å². The minimum atomic E-state index is -0.531. The molecule has 3 heterocycles. The highest BCUT2D eigenvalue weighted by Crippen LogP contribution is 2.32. The van der Waals surface area contributed by atoms with Crippen molar-refractivity contribution >= 4 is 40.5 Å². The number of nitrogens with one attached hydrogen (secondary N) is 1. The maximum absolute atomic E-state index is 13.1. The van der Waals surface area contributed by atoms with Crippen LogP contribution in [-0.2, 0) is 22.6 Å². The number of aromatic amines is 1. The number of H-pyrrole nitrogens is 1. The molecule has 0 aliphatic carbocycles. The van der Waals surface area contributed by atoms with E-state index in [9.17, 15) is 9.59 Å². The Balaban J connectivity index is 1.46. The Morgan fingerprint density at radius 3 is 2.71 bits per heavy atom. The molecule has 6 nitrogen and oxygen atoms in total. The van der Waals surface area contributed by atoms with E-state index < -0.39 is 6.04 Å². The number of para-hydroxylation sites is 1. The zero-order valence-corrected chi connectivity index (χ0v) is 15.7. The number of fused-ring (bicyclic) bond motifs is 4. The number of halogens is 1. The smallest absolute Gasteiger partial charge is 0.266 e. The minimum Gasteiger partial charge on any atom is -0.357 e. The Hall–Kier alpha value is -3.12. The van der Waals surface area contributed by atoms with Gasteiger partial charge >= 0.3 is 0 Å². The van der Waals surface area contributed by atoms with Crippen molar-refractivity contribution in [1.82, 2.24) is 14.9 Å². The number of nitrogens with zero attached hydrogens (tertiary/aromatic N) is 3. The van der Waals surface area contributed by atoms with Crippen molar-refractivity contribution in [1.29, 1.82) is 0 Å². The topological polar surface area (TPSA) is 68.8 Å². The number of hydrogen-bond donors (Lipinski definition) is 1. The molecule has 7 heteroatoms. The summed E-state index contributed by atoms with van der Waals surface area (Å²) in [5.74, 6) is -0.274. The predicted octanol–water partition coefficient (Wildman–Crippen LogP) is 2.95. The molecule has 0 spiro atoms. The van der Waals surface area contributed by atoms with E-state index in [0.717, 1.165) is 22.2 Å². The first-order valence-corrected chi connectivity index (χ1v) is 9.47. The lowest BCUT2D eigenvalue weighted by Crippen LogP contribution is -2.60. The van der Waals surface area contributed by atoms with E-state index in [-0.39, 0.29) is 18.4 Å². The molecule has 2 aliphatic rings. The van der Waals surface area contributed by atoms with Gasteiger partial charge in [0.25, 0.3) is 5.91 Å². The van der Waals surface area contributed by atoms with Gasteiger partial charge in [-0.3, -0.25) is 9.59 Å². The number of hydrazone groups is 1. The Morgan fingerprint density at radius 1 is 1.07 bits per heavy atom. The largest absolute Gasteiger partial charge is 0.357 e. The van der Waals surface area contributed by atoms with E-state index >= 15 is 0 Å². The molecule has 0 radical (unpaired) electrons. The SMILES string of the molecule is O=C1[C@H]2Cc3c([nH]c4ccccc34)CN2C(=O)CN1/N=C/c1ccccc1Cl. The average molecular weight is 393 g/mol. The van der Waals surface area contributed by atoms with E-state index in [4.69, 9.17) is 11.6 Å². The standard InChI is InChI=1S/C21H17ClN4O2/c22-16-7-3-1-5-13(16)10-23-26-12-20(27)25-11-18-15(9-19(25)21(26)28)14-6-2-4-8-17(14)24-18/h1-8,10,19,24H,9,11-12H2/b23-10+/t19-/m1/s1. The van der Waals surface area contributed by atoms with Crippen LogP contribution in [0.3, 0.4) is 0 Å². The fourth-order valence-corrected chi connectivity index (χ4v) is 4.15. The van der Waals surface area contributed by atoms with Gasteiger partial charge in [0.1, 0.15) is 12.6 Å². The van der Waals surface area contributed by atoms with Gasteiger partial charge in [-0.05, 0) is 17.7 Å². The molecule has 140 valence electrons. The van der Waals surface area contributed by atoms with Crippen LogP contribution >= 0.6 is 11.6 Å². The molecule has 2 amide bonds. The molecule has 0 unspecified atom stereocenters. The zero-order chi connectivity index (χ0) is 19.3. The lowest BCUT2D eigenvalue weighted by molar-refractivity contribution is -0.157. The van der Waals surface area contributed by atoms with Crippen molar-refractivity contribution in [2.24, 2.45) is 5.10 Å². The van der Waals surface area contributed by atoms with Gasteiger partial charge < -0.3 is 9.88 Å². The molecule has 3 aromatic rings. The average Bonchev–Trinajstić information content (AvgIpc) is 3.07. The first-order valence-electron chi connectivity index (χ1n) is 9.09. The zero-order valence-electron chi connectivity index (χ0n) is 14.9. The van der Waals surface area contributed by atoms with E-state index in [2.05, 4.69) is 10.1 Å². The molecule has 1 fully saturated rings. The van der Waals surface area contributed by atoms with Crippen molar-refractivity contribution in [2.45, 2.75) is 19.0 Å². The fraction of sp³-hybridized carbons (Fsp3) is 0.190. The molecule has 1 atom stereocenters. The lowest BCUT2D eigenvalue weighted by Gasteiger charge is -2.40. The van der Waals surface area contributed by atoms with Crippen LogP contribution in [0, 0.1) is 0 Å². The Morgan fingerprint density at radius 2 is 1.86 bits per heavy atom. The summed E-state index contributed by atoms with van der Waals surface area (Å²) in [6, 6.07) is 14.7. The van der Waals surface area contributed by atoms with E-state index in [0.29, 0.717) is 23.6 Å². The summed E-state index contributed by atoms with van der Waals surface area (Å²) in [5, 5.41) is 7.17. The Kier molecular flexibility index (Phi) is 3.94. The van der Waals surface area contributed by atoms with Crippen LogP contribution in [-0.4, -0.2) is 45.5 Å². The lowest BCUT2D eigenvalue weighted by atomic mass is 9.94. The van der Waals surface area contributed by atoms with E-state index in [1.807, 2.05) is 42.5 Å². The van der Waals surface area contributed by atoms with Crippen molar-refractivity contribution in [3.8, 4) is 0 Å². The monoisotopic (exact) mass is 392 g/mol.